The minimum Gasteiger partial charge on any atom is -0.368 e. The number of hydrogen-bond acceptors (Lipinski definition) is 3. The van der Waals surface area contributed by atoms with Gasteiger partial charge in [-0.15, -0.1) is 0 Å². The van der Waals surface area contributed by atoms with Crippen LogP contribution in [0.2, 0.25) is 0 Å². The second-order valence-electron chi connectivity index (χ2n) is 8.51. The first-order chi connectivity index (χ1) is 10.9. The quantitative estimate of drug-likeness (QED) is 0.493. The third-order valence-electron chi connectivity index (χ3n) is 6.56. The molecule has 0 amide bonds. The summed E-state index contributed by atoms with van der Waals surface area (Å²) in [6, 6.07) is 0. The van der Waals surface area contributed by atoms with Crippen LogP contribution in [0.1, 0.15) is 66.2 Å². The lowest BCUT2D eigenvalue weighted by atomic mass is 9.85. The number of epoxide rings is 2. The van der Waals surface area contributed by atoms with Crippen LogP contribution in [-0.2, 0) is 14.2 Å². The van der Waals surface area contributed by atoms with Gasteiger partial charge in [0.2, 0.25) is 0 Å². The summed E-state index contributed by atoms with van der Waals surface area (Å²) < 4.78 is 18.3. The zero-order valence-corrected chi connectivity index (χ0v) is 15.0. The molecule has 0 aromatic carbocycles. The first-order valence-corrected chi connectivity index (χ1v) is 9.19. The molecule has 1 spiro atoms. The average Bonchev–Trinajstić information content (AvgIpc) is 3.30. The van der Waals surface area contributed by atoms with Gasteiger partial charge in [0.05, 0.1) is 18.3 Å². The van der Waals surface area contributed by atoms with Crippen molar-refractivity contribution in [1.29, 1.82) is 0 Å². The Morgan fingerprint density at radius 3 is 2.70 bits per heavy atom. The topological polar surface area (TPSA) is 34.3 Å². The molecule has 3 saturated heterocycles. The second kappa shape index (κ2) is 5.18. The molecule has 0 aromatic rings. The lowest BCUT2D eigenvalue weighted by Gasteiger charge is -2.19. The summed E-state index contributed by atoms with van der Waals surface area (Å²) >= 11 is 0. The van der Waals surface area contributed by atoms with Crippen molar-refractivity contribution in [1.82, 2.24) is 0 Å². The average molecular weight is 318 g/mol. The van der Waals surface area contributed by atoms with Gasteiger partial charge in [-0.2, -0.15) is 0 Å². The van der Waals surface area contributed by atoms with E-state index < -0.39 is 0 Å². The van der Waals surface area contributed by atoms with E-state index in [1.54, 1.807) is 0 Å². The van der Waals surface area contributed by atoms with Crippen LogP contribution < -0.4 is 0 Å². The number of hydrogen-bond donors (Lipinski definition) is 0. The van der Waals surface area contributed by atoms with Crippen LogP contribution in [0.25, 0.3) is 0 Å². The van der Waals surface area contributed by atoms with Crippen molar-refractivity contribution in [2.24, 2.45) is 0 Å². The largest absolute Gasteiger partial charge is 0.368 e. The molecule has 5 atom stereocenters. The van der Waals surface area contributed by atoms with E-state index in [9.17, 15) is 0 Å². The number of rotatable bonds is 0. The van der Waals surface area contributed by atoms with Crippen molar-refractivity contribution < 1.29 is 14.2 Å². The highest BCUT2D eigenvalue weighted by Crippen LogP contribution is 2.59. The van der Waals surface area contributed by atoms with Crippen molar-refractivity contribution in [2.45, 2.75) is 95.2 Å². The van der Waals surface area contributed by atoms with Crippen LogP contribution in [0.15, 0.2) is 23.3 Å². The Bertz CT molecular complexity index is 565. The summed E-state index contributed by atoms with van der Waals surface area (Å²) in [5.41, 5.74) is 2.85. The van der Waals surface area contributed by atoms with Gasteiger partial charge in [-0.25, -0.2) is 0 Å². The van der Waals surface area contributed by atoms with Gasteiger partial charge in [0.15, 0.2) is 0 Å². The summed E-state index contributed by atoms with van der Waals surface area (Å²) in [4.78, 5) is 0. The van der Waals surface area contributed by atoms with Crippen LogP contribution in [0.5, 0.6) is 0 Å². The fourth-order valence-corrected chi connectivity index (χ4v) is 4.58. The Kier molecular flexibility index (Phi) is 3.57. The second-order valence-corrected chi connectivity index (χ2v) is 8.51. The third-order valence-corrected chi connectivity index (χ3v) is 6.56. The van der Waals surface area contributed by atoms with E-state index in [2.05, 4.69) is 39.8 Å². The Morgan fingerprint density at radius 2 is 1.91 bits per heavy atom. The lowest BCUT2D eigenvalue weighted by molar-refractivity contribution is 0.00903. The molecule has 0 N–H and O–H groups in total. The fourth-order valence-electron chi connectivity index (χ4n) is 4.58. The Balaban J connectivity index is 1.55. The minimum absolute atomic E-state index is 0.0655. The van der Waals surface area contributed by atoms with Crippen molar-refractivity contribution in [3.05, 3.63) is 23.3 Å². The molecule has 3 aliphatic heterocycles. The molecular formula is C20H30O3. The summed E-state index contributed by atoms with van der Waals surface area (Å²) in [6.07, 6.45) is 11.9. The molecule has 0 radical (unpaired) electrons. The molecule has 4 rings (SSSR count). The van der Waals surface area contributed by atoms with Gasteiger partial charge in [0, 0.05) is 0 Å². The lowest BCUT2D eigenvalue weighted by Crippen LogP contribution is -2.29. The smallest absolute Gasteiger partial charge is 0.130 e. The summed E-state index contributed by atoms with van der Waals surface area (Å²) in [6.45, 7) is 9.69. The van der Waals surface area contributed by atoms with E-state index in [1.165, 1.54) is 11.1 Å². The molecule has 128 valence electrons. The van der Waals surface area contributed by atoms with Crippen LogP contribution in [0.4, 0.5) is 0 Å². The monoisotopic (exact) mass is 318 g/mol. The van der Waals surface area contributed by atoms with Gasteiger partial charge in [0.25, 0.3) is 0 Å². The van der Waals surface area contributed by atoms with E-state index in [0.717, 1.165) is 45.1 Å². The van der Waals surface area contributed by atoms with Gasteiger partial charge >= 0.3 is 0 Å². The van der Waals surface area contributed by atoms with Crippen molar-refractivity contribution in [2.75, 3.05) is 6.61 Å². The molecule has 0 aromatic heterocycles. The molecule has 3 heterocycles. The van der Waals surface area contributed by atoms with Crippen molar-refractivity contribution in [3.8, 4) is 0 Å². The first-order valence-electron chi connectivity index (χ1n) is 9.19. The first kappa shape index (κ1) is 15.9. The maximum absolute atomic E-state index is 6.21. The third kappa shape index (κ3) is 2.61. The zero-order chi connectivity index (χ0) is 16.3. The molecule has 3 fully saturated rings. The molecule has 23 heavy (non-hydrogen) atoms. The van der Waals surface area contributed by atoms with Gasteiger partial charge in [-0.05, 0) is 66.2 Å². The van der Waals surface area contributed by atoms with Gasteiger partial charge in [-0.1, -0.05) is 23.3 Å². The number of allylic oxidation sites excluding steroid dienone is 3. The maximum atomic E-state index is 6.21. The Labute approximate surface area is 140 Å². The van der Waals surface area contributed by atoms with Gasteiger partial charge in [0.1, 0.15) is 17.3 Å². The van der Waals surface area contributed by atoms with E-state index in [-0.39, 0.29) is 22.9 Å². The van der Waals surface area contributed by atoms with Crippen LogP contribution in [-0.4, -0.2) is 35.6 Å². The standard InChI is InChI=1S/C20H30O3/c1-14-6-5-10-18(3)16(22-18)8-7-15(2)12-17-20(11-9-14)19(4,23-20)13-21-17/h6,12,16-17H,5,7-11,13H2,1-4H3/b14-6+,15-12+/t16-,17+,18+,19+,20-/m0/s1. The molecule has 0 saturated carbocycles. The molecule has 3 nitrogen and oxygen atoms in total. The molecule has 4 aliphatic rings. The van der Waals surface area contributed by atoms with Crippen molar-refractivity contribution in [3.63, 3.8) is 0 Å². The minimum atomic E-state index is -0.0852. The molecule has 0 bridgehead atoms. The van der Waals surface area contributed by atoms with Crippen LogP contribution in [0, 0.1) is 0 Å². The van der Waals surface area contributed by atoms with Crippen LogP contribution >= 0.6 is 0 Å². The fraction of sp³-hybridized carbons (Fsp3) is 0.800. The molecule has 1 aliphatic carbocycles. The number of ether oxygens (including phenoxy) is 3. The molecule has 3 heteroatoms. The summed E-state index contributed by atoms with van der Waals surface area (Å²) in [5.74, 6) is 0. The van der Waals surface area contributed by atoms with Crippen LogP contribution in [0.3, 0.4) is 0 Å². The Morgan fingerprint density at radius 1 is 1.09 bits per heavy atom. The SMILES string of the molecule is C/C1=C\[C@H]2OC[C@@]3(C)O[C@@]23CC/C(C)=C/CC[C@@]2(C)O[C@H]2CC1. The molecule has 0 unspecified atom stereocenters. The van der Waals surface area contributed by atoms with E-state index in [1.807, 2.05) is 0 Å². The van der Waals surface area contributed by atoms with Crippen molar-refractivity contribution >= 4 is 0 Å². The predicted molar refractivity (Wildman–Crippen MR) is 90.5 cm³/mol. The van der Waals surface area contributed by atoms with Gasteiger partial charge < -0.3 is 14.2 Å². The van der Waals surface area contributed by atoms with E-state index >= 15 is 0 Å². The maximum Gasteiger partial charge on any atom is 0.130 e. The van der Waals surface area contributed by atoms with Gasteiger partial charge in [-0.3, -0.25) is 0 Å². The van der Waals surface area contributed by atoms with E-state index in [0.29, 0.717) is 6.10 Å². The Hall–Kier alpha value is -0.640. The highest BCUT2D eigenvalue weighted by atomic mass is 16.7. The normalized spacial score (nSPS) is 54.4. The number of fused-ring (bicyclic) bond motifs is 1. The zero-order valence-electron chi connectivity index (χ0n) is 15.0. The summed E-state index contributed by atoms with van der Waals surface area (Å²) in [5, 5.41) is 0. The highest BCUT2D eigenvalue weighted by Gasteiger charge is 2.74. The predicted octanol–water partition coefficient (Wildman–Crippen LogP) is 4.32. The summed E-state index contributed by atoms with van der Waals surface area (Å²) in [7, 11) is 0. The molecular weight excluding hydrogens is 288 g/mol. The van der Waals surface area contributed by atoms with E-state index in [4.69, 9.17) is 14.2 Å². The highest BCUT2D eigenvalue weighted by molar-refractivity contribution is 5.28.